The maximum atomic E-state index is 9.51. The van der Waals surface area contributed by atoms with Crippen LogP contribution in [0.3, 0.4) is 0 Å². The summed E-state index contributed by atoms with van der Waals surface area (Å²) < 4.78 is 0. The van der Waals surface area contributed by atoms with Crippen molar-refractivity contribution in [1.29, 1.82) is 5.26 Å². The number of aliphatic hydroxyl groups is 1. The van der Waals surface area contributed by atoms with Crippen molar-refractivity contribution in [3.63, 3.8) is 0 Å². The predicted octanol–water partition coefficient (Wildman–Crippen LogP) is 0.144. The van der Waals surface area contributed by atoms with Crippen molar-refractivity contribution in [1.82, 2.24) is 9.80 Å². The van der Waals surface area contributed by atoms with Crippen LogP contribution in [0.25, 0.3) is 0 Å². The molecule has 0 aromatic rings. The van der Waals surface area contributed by atoms with Crippen LogP contribution >= 0.6 is 0 Å². The molecule has 1 rings (SSSR count). The van der Waals surface area contributed by atoms with E-state index in [0.29, 0.717) is 0 Å². The number of rotatable bonds is 4. The second kappa shape index (κ2) is 6.06. The fourth-order valence-corrected chi connectivity index (χ4v) is 2.09. The molecule has 1 aliphatic rings. The van der Waals surface area contributed by atoms with Gasteiger partial charge in [-0.25, -0.2) is 0 Å². The van der Waals surface area contributed by atoms with E-state index in [1.807, 2.05) is 19.0 Å². The van der Waals surface area contributed by atoms with Crippen molar-refractivity contribution in [2.75, 3.05) is 40.3 Å². The minimum atomic E-state index is -0.197. The molecule has 0 aliphatic carbocycles. The second-order valence-electron chi connectivity index (χ2n) is 4.64. The number of nitriles is 1. The molecule has 4 heteroatoms. The molecule has 1 fully saturated rings. The van der Waals surface area contributed by atoms with Gasteiger partial charge in [-0.2, -0.15) is 5.26 Å². The average Bonchev–Trinajstić information content (AvgIpc) is 2.16. The van der Waals surface area contributed by atoms with Crippen molar-refractivity contribution in [3.8, 4) is 6.07 Å². The summed E-state index contributed by atoms with van der Waals surface area (Å²) in [5.74, 6) is 0.0466. The van der Waals surface area contributed by atoms with Gasteiger partial charge in [0.1, 0.15) is 0 Å². The minimum absolute atomic E-state index is 0.0466. The van der Waals surface area contributed by atoms with Crippen LogP contribution in [0.5, 0.6) is 0 Å². The minimum Gasteiger partial charge on any atom is -0.392 e. The van der Waals surface area contributed by atoms with Crippen LogP contribution in [0.4, 0.5) is 0 Å². The molecule has 1 heterocycles. The molecule has 0 radical (unpaired) electrons. The van der Waals surface area contributed by atoms with Crippen LogP contribution in [0.15, 0.2) is 0 Å². The maximum Gasteiger partial charge on any atom is 0.0717 e. The first-order chi connectivity index (χ1) is 7.11. The molecule has 1 N–H and O–H groups in total. The van der Waals surface area contributed by atoms with Crippen molar-refractivity contribution in [2.45, 2.75) is 18.9 Å². The molecule has 2 unspecified atom stereocenters. The van der Waals surface area contributed by atoms with Crippen molar-refractivity contribution >= 4 is 0 Å². The molecule has 86 valence electrons. The predicted molar refractivity (Wildman–Crippen MR) is 59.3 cm³/mol. The molecule has 1 saturated heterocycles. The van der Waals surface area contributed by atoms with Crippen LogP contribution in [0, 0.1) is 17.2 Å². The second-order valence-corrected chi connectivity index (χ2v) is 4.64. The fourth-order valence-electron chi connectivity index (χ4n) is 2.09. The van der Waals surface area contributed by atoms with E-state index >= 15 is 0 Å². The Balaban J connectivity index is 2.34. The first-order valence-electron chi connectivity index (χ1n) is 5.56. The van der Waals surface area contributed by atoms with E-state index in [1.54, 1.807) is 0 Å². The van der Waals surface area contributed by atoms with Crippen molar-refractivity contribution in [2.24, 2.45) is 5.92 Å². The van der Waals surface area contributed by atoms with Gasteiger partial charge in [0.25, 0.3) is 0 Å². The summed E-state index contributed by atoms with van der Waals surface area (Å²) >= 11 is 0. The van der Waals surface area contributed by atoms with E-state index in [2.05, 4.69) is 11.0 Å². The zero-order valence-corrected chi connectivity index (χ0v) is 9.69. The molecule has 0 bridgehead atoms. The van der Waals surface area contributed by atoms with Crippen LogP contribution in [0.1, 0.15) is 12.8 Å². The number of nitrogens with zero attached hydrogens (tertiary/aromatic N) is 3. The lowest BCUT2D eigenvalue weighted by molar-refractivity contribution is 0.0641. The molecule has 4 nitrogen and oxygen atoms in total. The van der Waals surface area contributed by atoms with Gasteiger partial charge in [0.05, 0.1) is 18.1 Å². The quantitative estimate of drug-likeness (QED) is 0.719. The highest BCUT2D eigenvalue weighted by atomic mass is 16.3. The number of piperidine rings is 1. The Labute approximate surface area is 92.1 Å². The average molecular weight is 211 g/mol. The van der Waals surface area contributed by atoms with E-state index in [4.69, 9.17) is 5.26 Å². The van der Waals surface area contributed by atoms with Gasteiger partial charge in [-0.3, -0.25) is 4.90 Å². The Kier molecular flexibility index (Phi) is 5.03. The molecule has 15 heavy (non-hydrogen) atoms. The molecular weight excluding hydrogens is 190 g/mol. The van der Waals surface area contributed by atoms with Gasteiger partial charge in [-0.05, 0) is 33.5 Å². The highest BCUT2D eigenvalue weighted by Crippen LogP contribution is 2.11. The van der Waals surface area contributed by atoms with Gasteiger partial charge in [0.15, 0.2) is 0 Å². The SMILES string of the molecule is CN(C)CC(C#N)CN1CCCC(O)C1. The van der Waals surface area contributed by atoms with Gasteiger partial charge in [0.2, 0.25) is 0 Å². The molecule has 0 saturated carbocycles. The standard InChI is InChI=1S/C11H21N3O/c1-13(2)7-10(6-12)8-14-5-3-4-11(15)9-14/h10-11,15H,3-5,7-9H2,1-2H3. The third kappa shape index (κ3) is 4.61. The summed E-state index contributed by atoms with van der Waals surface area (Å²) in [6, 6.07) is 2.33. The normalized spacial score (nSPS) is 25.1. The number of likely N-dealkylation sites (tertiary alicyclic amines) is 1. The van der Waals surface area contributed by atoms with Gasteiger partial charge < -0.3 is 10.0 Å². The lowest BCUT2D eigenvalue weighted by Gasteiger charge is -2.31. The van der Waals surface area contributed by atoms with E-state index in [-0.39, 0.29) is 12.0 Å². The number of β-amino-alcohol motifs (C(OH)–C–C–N with tert-alkyl or cyclic N) is 1. The summed E-state index contributed by atoms with van der Waals surface area (Å²) in [5.41, 5.74) is 0. The molecule has 0 aromatic carbocycles. The molecule has 2 atom stereocenters. The van der Waals surface area contributed by atoms with E-state index in [9.17, 15) is 5.11 Å². The van der Waals surface area contributed by atoms with E-state index in [0.717, 1.165) is 39.0 Å². The molecular formula is C11H21N3O. The Morgan fingerprint density at radius 1 is 1.60 bits per heavy atom. The fraction of sp³-hybridized carbons (Fsp3) is 0.909. The van der Waals surface area contributed by atoms with Gasteiger partial charge >= 0.3 is 0 Å². The van der Waals surface area contributed by atoms with Crippen LogP contribution < -0.4 is 0 Å². The monoisotopic (exact) mass is 211 g/mol. The van der Waals surface area contributed by atoms with E-state index in [1.165, 1.54) is 0 Å². The van der Waals surface area contributed by atoms with Crippen molar-refractivity contribution in [3.05, 3.63) is 0 Å². The summed E-state index contributed by atoms with van der Waals surface area (Å²) in [4.78, 5) is 4.24. The first kappa shape index (κ1) is 12.4. The molecule has 0 amide bonds. The van der Waals surface area contributed by atoms with E-state index < -0.39 is 0 Å². The first-order valence-corrected chi connectivity index (χ1v) is 5.56. The van der Waals surface area contributed by atoms with Crippen LogP contribution in [-0.4, -0.2) is 61.3 Å². The summed E-state index contributed by atoms with van der Waals surface area (Å²) in [6.45, 7) is 3.32. The topological polar surface area (TPSA) is 50.5 Å². The van der Waals surface area contributed by atoms with Crippen LogP contribution in [-0.2, 0) is 0 Å². The Hall–Kier alpha value is -0.630. The smallest absolute Gasteiger partial charge is 0.0717 e. The van der Waals surface area contributed by atoms with Crippen molar-refractivity contribution < 1.29 is 5.11 Å². The molecule has 0 spiro atoms. The van der Waals surface area contributed by atoms with Gasteiger partial charge in [0, 0.05) is 19.6 Å². The Bertz CT molecular complexity index is 224. The highest BCUT2D eigenvalue weighted by molar-refractivity contribution is 4.88. The summed E-state index contributed by atoms with van der Waals surface area (Å²) in [7, 11) is 3.96. The van der Waals surface area contributed by atoms with Crippen LogP contribution in [0.2, 0.25) is 0 Å². The number of hydrogen-bond acceptors (Lipinski definition) is 4. The Morgan fingerprint density at radius 2 is 2.33 bits per heavy atom. The third-order valence-corrected chi connectivity index (χ3v) is 2.73. The number of aliphatic hydroxyl groups excluding tert-OH is 1. The Morgan fingerprint density at radius 3 is 2.87 bits per heavy atom. The highest BCUT2D eigenvalue weighted by Gasteiger charge is 2.20. The summed E-state index contributed by atoms with van der Waals surface area (Å²) in [5, 5.41) is 18.5. The third-order valence-electron chi connectivity index (χ3n) is 2.73. The van der Waals surface area contributed by atoms with Gasteiger partial charge in [-0.1, -0.05) is 0 Å². The zero-order chi connectivity index (χ0) is 11.3. The zero-order valence-electron chi connectivity index (χ0n) is 9.69. The summed E-state index contributed by atoms with van der Waals surface area (Å²) in [6.07, 6.45) is 1.75. The maximum absolute atomic E-state index is 9.51. The largest absolute Gasteiger partial charge is 0.392 e. The van der Waals surface area contributed by atoms with Gasteiger partial charge in [-0.15, -0.1) is 0 Å². The molecule has 1 aliphatic heterocycles. The number of hydrogen-bond donors (Lipinski definition) is 1. The lowest BCUT2D eigenvalue weighted by Crippen LogP contribution is -2.42. The molecule has 0 aromatic heterocycles. The lowest BCUT2D eigenvalue weighted by atomic mass is 10.1.